The molecule has 1 N–H and O–H groups in total. The molecule has 146 valence electrons. The van der Waals surface area contributed by atoms with Crippen LogP contribution in [0.4, 0.5) is 9.52 Å². The van der Waals surface area contributed by atoms with Crippen LogP contribution in [0.15, 0.2) is 42.5 Å². The number of carbonyl (C=O) groups excluding carboxylic acids is 1. The zero-order valence-corrected chi connectivity index (χ0v) is 16.8. The van der Waals surface area contributed by atoms with Gasteiger partial charge in [-0.3, -0.25) is 4.79 Å². The maximum Gasteiger partial charge on any atom is 0.223 e. The van der Waals surface area contributed by atoms with Crippen molar-refractivity contribution in [1.29, 1.82) is 0 Å². The van der Waals surface area contributed by atoms with Gasteiger partial charge in [0.15, 0.2) is 5.13 Å². The van der Waals surface area contributed by atoms with Gasteiger partial charge in [-0.2, -0.15) is 0 Å². The van der Waals surface area contributed by atoms with Crippen LogP contribution in [0.3, 0.4) is 0 Å². The molecule has 0 radical (unpaired) electrons. The van der Waals surface area contributed by atoms with Crippen LogP contribution in [0, 0.1) is 18.7 Å². The maximum atomic E-state index is 12.9. The molecule has 1 aromatic heterocycles. The number of carbonyl (C=O) groups is 1. The fourth-order valence-corrected chi connectivity index (χ4v) is 4.73. The average Bonchev–Trinajstić information content (AvgIpc) is 3.12. The molecule has 1 aliphatic heterocycles. The number of nitrogens with one attached hydrogen (secondary N) is 1. The van der Waals surface area contributed by atoms with Crippen LogP contribution in [-0.4, -0.2) is 30.5 Å². The monoisotopic (exact) mass is 397 g/mol. The van der Waals surface area contributed by atoms with E-state index in [9.17, 15) is 9.18 Å². The Bertz CT molecular complexity index is 962. The second-order valence-electron chi connectivity index (χ2n) is 7.40. The Morgan fingerprint density at radius 3 is 2.71 bits per heavy atom. The van der Waals surface area contributed by atoms with Crippen LogP contribution in [0.5, 0.6) is 0 Å². The summed E-state index contributed by atoms with van der Waals surface area (Å²) in [6.45, 7) is 4.39. The molecule has 0 aliphatic carbocycles. The minimum atomic E-state index is -0.234. The summed E-state index contributed by atoms with van der Waals surface area (Å²) in [5, 5.41) is 4.09. The molecule has 4 nitrogen and oxygen atoms in total. The first kappa shape index (κ1) is 18.9. The third kappa shape index (κ3) is 4.33. The van der Waals surface area contributed by atoms with Gasteiger partial charge in [-0.05, 0) is 61.6 Å². The number of fused-ring (bicyclic) bond motifs is 1. The van der Waals surface area contributed by atoms with E-state index >= 15 is 0 Å². The summed E-state index contributed by atoms with van der Waals surface area (Å²) in [7, 11) is 0. The Morgan fingerprint density at radius 1 is 1.21 bits per heavy atom. The van der Waals surface area contributed by atoms with E-state index in [1.165, 1.54) is 22.4 Å². The van der Waals surface area contributed by atoms with Gasteiger partial charge in [-0.1, -0.05) is 29.5 Å². The third-order valence-corrected chi connectivity index (χ3v) is 6.37. The summed E-state index contributed by atoms with van der Waals surface area (Å²) in [4.78, 5) is 19.5. The van der Waals surface area contributed by atoms with E-state index in [1.54, 1.807) is 23.5 Å². The lowest BCUT2D eigenvalue weighted by Gasteiger charge is -2.31. The smallest absolute Gasteiger partial charge is 0.223 e. The molecule has 4 rings (SSSR count). The number of benzene rings is 2. The molecule has 2 aromatic carbocycles. The van der Waals surface area contributed by atoms with E-state index in [4.69, 9.17) is 4.98 Å². The predicted molar refractivity (Wildman–Crippen MR) is 112 cm³/mol. The molecule has 0 unspecified atom stereocenters. The molecule has 28 heavy (non-hydrogen) atoms. The number of piperidine rings is 1. The lowest BCUT2D eigenvalue weighted by molar-refractivity contribution is -0.125. The Balaban J connectivity index is 1.27. The summed E-state index contributed by atoms with van der Waals surface area (Å²) in [5.74, 6) is -0.0504. The minimum absolute atomic E-state index is 0.0566. The van der Waals surface area contributed by atoms with E-state index in [0.717, 1.165) is 48.6 Å². The van der Waals surface area contributed by atoms with Crippen molar-refractivity contribution in [2.45, 2.75) is 26.2 Å². The third-order valence-electron chi connectivity index (χ3n) is 5.30. The maximum absolute atomic E-state index is 12.9. The molecule has 1 saturated heterocycles. The topological polar surface area (TPSA) is 45.2 Å². The molecular weight excluding hydrogens is 373 g/mol. The van der Waals surface area contributed by atoms with Crippen molar-refractivity contribution in [3.05, 3.63) is 59.4 Å². The number of thiazole rings is 1. The summed E-state index contributed by atoms with van der Waals surface area (Å²) < 4.78 is 14.2. The molecule has 1 fully saturated rings. The van der Waals surface area contributed by atoms with E-state index < -0.39 is 0 Å². The van der Waals surface area contributed by atoms with Gasteiger partial charge in [0.05, 0.1) is 10.2 Å². The van der Waals surface area contributed by atoms with Gasteiger partial charge in [0, 0.05) is 25.6 Å². The number of aromatic nitrogens is 1. The van der Waals surface area contributed by atoms with Crippen LogP contribution >= 0.6 is 11.3 Å². The lowest BCUT2D eigenvalue weighted by atomic mass is 9.96. The van der Waals surface area contributed by atoms with Gasteiger partial charge >= 0.3 is 0 Å². The lowest BCUT2D eigenvalue weighted by Crippen LogP contribution is -2.41. The summed E-state index contributed by atoms with van der Waals surface area (Å²) in [6.07, 6.45) is 2.41. The van der Waals surface area contributed by atoms with Crippen LogP contribution in [-0.2, 0) is 11.2 Å². The number of amides is 1. The highest BCUT2D eigenvalue weighted by Gasteiger charge is 2.26. The van der Waals surface area contributed by atoms with Crippen LogP contribution in [0.25, 0.3) is 10.2 Å². The van der Waals surface area contributed by atoms with Crippen molar-refractivity contribution in [1.82, 2.24) is 10.3 Å². The van der Waals surface area contributed by atoms with Crippen molar-refractivity contribution in [3.8, 4) is 0 Å². The first-order chi connectivity index (χ1) is 13.6. The largest absolute Gasteiger partial charge is 0.356 e. The number of anilines is 1. The molecule has 6 heteroatoms. The minimum Gasteiger partial charge on any atom is -0.356 e. The highest BCUT2D eigenvalue weighted by atomic mass is 32.1. The molecule has 1 aliphatic rings. The predicted octanol–water partition coefficient (Wildman–Crippen LogP) is 4.32. The van der Waals surface area contributed by atoms with Gasteiger partial charge in [-0.25, -0.2) is 9.37 Å². The van der Waals surface area contributed by atoms with E-state index in [-0.39, 0.29) is 17.6 Å². The van der Waals surface area contributed by atoms with Crippen molar-refractivity contribution < 1.29 is 9.18 Å². The van der Waals surface area contributed by atoms with E-state index in [0.29, 0.717) is 6.54 Å². The Morgan fingerprint density at radius 2 is 1.96 bits per heavy atom. The van der Waals surface area contributed by atoms with Crippen molar-refractivity contribution >= 4 is 32.6 Å². The first-order valence-corrected chi connectivity index (χ1v) is 10.5. The zero-order chi connectivity index (χ0) is 19.5. The quantitative estimate of drug-likeness (QED) is 0.697. The highest BCUT2D eigenvalue weighted by molar-refractivity contribution is 7.22. The summed E-state index contributed by atoms with van der Waals surface area (Å²) >= 11 is 1.73. The number of nitrogens with zero attached hydrogens (tertiary/aromatic N) is 2. The van der Waals surface area contributed by atoms with E-state index in [1.807, 2.05) is 0 Å². The number of rotatable bonds is 5. The molecule has 0 atom stereocenters. The second-order valence-corrected chi connectivity index (χ2v) is 8.41. The fourth-order valence-electron chi connectivity index (χ4n) is 3.61. The SMILES string of the molecule is Cc1ccc2nc(N3CCC(C(=O)NCCc4ccc(F)cc4)CC3)sc2c1. The first-order valence-electron chi connectivity index (χ1n) is 9.73. The molecule has 0 spiro atoms. The van der Waals surface area contributed by atoms with Gasteiger partial charge < -0.3 is 10.2 Å². The van der Waals surface area contributed by atoms with Gasteiger partial charge in [0.1, 0.15) is 5.82 Å². The number of aryl methyl sites for hydroxylation is 1. The molecule has 3 aromatic rings. The Labute approximate surface area is 168 Å². The number of halogens is 1. The van der Waals surface area contributed by atoms with Crippen molar-refractivity contribution in [2.24, 2.45) is 5.92 Å². The molecular formula is C22H24FN3OS. The van der Waals surface area contributed by atoms with Crippen molar-refractivity contribution in [2.75, 3.05) is 24.5 Å². The van der Waals surface area contributed by atoms with E-state index in [2.05, 4.69) is 35.3 Å². The highest BCUT2D eigenvalue weighted by Crippen LogP contribution is 2.32. The normalized spacial score (nSPS) is 15.1. The molecule has 0 saturated carbocycles. The van der Waals surface area contributed by atoms with Gasteiger partial charge in [-0.15, -0.1) is 0 Å². The average molecular weight is 398 g/mol. The van der Waals surface area contributed by atoms with Crippen LogP contribution in [0.1, 0.15) is 24.0 Å². The Hall–Kier alpha value is -2.47. The number of hydrogen-bond acceptors (Lipinski definition) is 4. The number of hydrogen-bond donors (Lipinski definition) is 1. The molecule has 1 amide bonds. The zero-order valence-electron chi connectivity index (χ0n) is 16.0. The van der Waals surface area contributed by atoms with Gasteiger partial charge in [0.25, 0.3) is 0 Å². The molecule has 0 bridgehead atoms. The standard InChI is InChI=1S/C22H24FN3OS/c1-15-2-7-19-20(14-15)28-22(25-19)26-12-9-17(10-13-26)21(27)24-11-8-16-3-5-18(23)6-4-16/h2-7,14,17H,8-13H2,1H3,(H,24,27). The summed E-state index contributed by atoms with van der Waals surface area (Å²) in [5.41, 5.74) is 3.33. The van der Waals surface area contributed by atoms with Crippen LogP contribution in [0.2, 0.25) is 0 Å². The van der Waals surface area contributed by atoms with Crippen molar-refractivity contribution in [3.63, 3.8) is 0 Å². The second kappa shape index (κ2) is 8.27. The molecule has 2 heterocycles. The van der Waals surface area contributed by atoms with Gasteiger partial charge in [0.2, 0.25) is 5.91 Å². The summed E-state index contributed by atoms with van der Waals surface area (Å²) in [6, 6.07) is 12.8. The Kier molecular flexibility index (Phi) is 5.57. The fraction of sp³-hybridized carbons (Fsp3) is 0.364. The van der Waals surface area contributed by atoms with Crippen LogP contribution < -0.4 is 10.2 Å².